The van der Waals surface area contributed by atoms with Crippen LogP contribution in [0.15, 0.2) is 52.7 Å². The summed E-state index contributed by atoms with van der Waals surface area (Å²) in [7, 11) is -4.20. The number of halogens is 1. The Balaban J connectivity index is 1.49. The van der Waals surface area contributed by atoms with Gasteiger partial charge < -0.3 is 14.7 Å². The zero-order valence-electron chi connectivity index (χ0n) is 22.0. The van der Waals surface area contributed by atoms with Crippen LogP contribution in [0.5, 0.6) is 0 Å². The van der Waals surface area contributed by atoms with Crippen LogP contribution in [-0.4, -0.2) is 60.6 Å². The molecule has 41 heavy (non-hydrogen) atoms. The van der Waals surface area contributed by atoms with Crippen molar-refractivity contribution in [2.75, 3.05) is 31.2 Å². The number of aromatic carboxylic acids is 1. The number of anilines is 1. The molecule has 214 valence electrons. The van der Waals surface area contributed by atoms with Gasteiger partial charge in [0, 0.05) is 41.7 Å². The van der Waals surface area contributed by atoms with Crippen LogP contribution in [0.25, 0.3) is 16.4 Å². The highest BCUT2D eigenvalue weighted by Crippen LogP contribution is 2.39. The Morgan fingerprint density at radius 3 is 2.61 bits per heavy atom. The van der Waals surface area contributed by atoms with Crippen LogP contribution in [-0.2, 0) is 27.6 Å². The molecule has 0 radical (unpaired) electrons. The Morgan fingerprint density at radius 1 is 1.17 bits per heavy atom. The summed E-state index contributed by atoms with van der Waals surface area (Å²) in [5.74, 6) is -1.58. The Bertz CT molecular complexity index is 1730. The van der Waals surface area contributed by atoms with Gasteiger partial charge in [0.15, 0.2) is 5.69 Å². The van der Waals surface area contributed by atoms with Gasteiger partial charge in [0.05, 0.1) is 24.6 Å². The number of nitrogens with zero attached hydrogens (tertiary/aromatic N) is 4. The molecule has 0 unspecified atom stereocenters. The average Bonchev–Trinajstić information content (AvgIpc) is 3.50. The van der Waals surface area contributed by atoms with Gasteiger partial charge in [-0.05, 0) is 55.0 Å². The molecule has 13 heteroatoms. The zero-order chi connectivity index (χ0) is 28.7. The molecule has 3 heterocycles. The quantitative estimate of drug-likeness (QED) is 0.296. The van der Waals surface area contributed by atoms with Crippen molar-refractivity contribution < 1.29 is 27.4 Å². The normalized spacial score (nSPS) is 15.8. The Labute approximate surface area is 240 Å². The van der Waals surface area contributed by atoms with E-state index in [1.807, 2.05) is 18.2 Å². The second-order valence-electron chi connectivity index (χ2n) is 10.3. The molecular weight excluding hydrogens is 569 g/mol. The number of morpholine rings is 1. The van der Waals surface area contributed by atoms with E-state index in [9.17, 15) is 22.7 Å². The fraction of sp³-hybridized carbons (Fsp3) is 0.321. The van der Waals surface area contributed by atoms with Gasteiger partial charge in [-0.15, -0.1) is 11.3 Å². The lowest BCUT2D eigenvalue weighted by atomic mass is 9.96. The van der Waals surface area contributed by atoms with Crippen LogP contribution >= 0.6 is 11.3 Å². The number of rotatable bonds is 9. The molecule has 6 rings (SSSR count). The largest absolute Gasteiger partial charge is 0.476 e. The van der Waals surface area contributed by atoms with E-state index >= 15 is 0 Å². The summed E-state index contributed by atoms with van der Waals surface area (Å²) < 4.78 is 45.6. The van der Waals surface area contributed by atoms with E-state index in [-0.39, 0.29) is 12.1 Å². The Morgan fingerprint density at radius 2 is 1.95 bits per heavy atom. The maximum Gasteiger partial charge on any atom is 0.355 e. The summed E-state index contributed by atoms with van der Waals surface area (Å²) in [6, 6.07) is 12.0. The first-order valence-corrected chi connectivity index (χ1v) is 15.6. The van der Waals surface area contributed by atoms with Gasteiger partial charge in [-0.2, -0.15) is 5.10 Å². The molecule has 0 amide bonds. The number of benzene rings is 2. The van der Waals surface area contributed by atoms with E-state index in [4.69, 9.17) is 15.0 Å². The topological polar surface area (TPSA) is 141 Å². The predicted octanol–water partition coefficient (Wildman–Crippen LogP) is 3.86. The fourth-order valence-corrected chi connectivity index (χ4v) is 6.45. The van der Waals surface area contributed by atoms with Crippen LogP contribution in [0, 0.1) is 11.7 Å². The molecule has 1 saturated carbocycles. The second kappa shape index (κ2) is 11.0. The maximum absolute atomic E-state index is 14.8. The number of hydrogen-bond acceptors (Lipinski definition) is 8. The third kappa shape index (κ3) is 5.89. The standard InChI is InChI=1S/C28H28FN5O5S2/c29-22-13-18(6-7-25(22)41(30,37)38)12-21-24(14-17-4-5-17)34(28-31-23(16-40-28)27(35)36)32-26(21)19-2-1-3-20(15-19)33-8-10-39-11-9-33/h1-3,6-7,13,15-17H,4-5,8-12,14H2,(H,35,36)(H2,30,37,38). The zero-order valence-corrected chi connectivity index (χ0v) is 23.6. The van der Waals surface area contributed by atoms with Gasteiger partial charge in [-0.25, -0.2) is 32.4 Å². The lowest BCUT2D eigenvalue weighted by molar-refractivity contribution is 0.0691. The van der Waals surface area contributed by atoms with Gasteiger partial charge in [-0.1, -0.05) is 18.2 Å². The molecule has 2 fully saturated rings. The molecule has 1 saturated heterocycles. The first-order chi connectivity index (χ1) is 19.7. The molecule has 2 aromatic carbocycles. The van der Waals surface area contributed by atoms with Crippen molar-refractivity contribution >= 4 is 33.0 Å². The number of aromatic nitrogens is 3. The SMILES string of the molecule is NS(=O)(=O)c1ccc(Cc2c(-c3cccc(N4CCOCC4)c3)nn(-c3nc(C(=O)O)cs3)c2CC2CC2)cc1F. The monoisotopic (exact) mass is 597 g/mol. The summed E-state index contributed by atoms with van der Waals surface area (Å²) in [5, 5.41) is 21.6. The number of nitrogens with two attached hydrogens (primary N) is 1. The molecule has 1 aliphatic heterocycles. The molecule has 3 N–H and O–H groups in total. The van der Waals surface area contributed by atoms with Crippen LogP contribution < -0.4 is 10.0 Å². The summed E-state index contributed by atoms with van der Waals surface area (Å²) in [4.78, 5) is 17.6. The number of hydrogen-bond donors (Lipinski definition) is 2. The van der Waals surface area contributed by atoms with Crippen molar-refractivity contribution in [2.24, 2.45) is 11.1 Å². The number of carbonyl (C=O) groups is 1. The first-order valence-electron chi connectivity index (χ1n) is 13.2. The molecule has 0 atom stereocenters. The molecular formula is C28H28FN5O5S2. The van der Waals surface area contributed by atoms with Crippen molar-refractivity contribution in [2.45, 2.75) is 30.6 Å². The van der Waals surface area contributed by atoms with Crippen molar-refractivity contribution in [1.29, 1.82) is 0 Å². The summed E-state index contributed by atoms with van der Waals surface area (Å²) in [5.41, 5.74) is 4.79. The summed E-state index contributed by atoms with van der Waals surface area (Å²) in [6.45, 7) is 2.83. The molecule has 0 bridgehead atoms. The van der Waals surface area contributed by atoms with Crippen LogP contribution in [0.1, 0.15) is 40.2 Å². The number of primary sulfonamides is 1. The Kier molecular flexibility index (Phi) is 7.36. The van der Waals surface area contributed by atoms with Gasteiger partial charge in [0.1, 0.15) is 10.7 Å². The molecule has 10 nitrogen and oxygen atoms in total. The number of carboxylic acid groups (broad SMARTS) is 1. The number of sulfonamides is 1. The van der Waals surface area contributed by atoms with E-state index in [0.29, 0.717) is 41.9 Å². The van der Waals surface area contributed by atoms with Crippen molar-refractivity contribution in [3.63, 3.8) is 0 Å². The number of carboxylic acids is 1. The van der Waals surface area contributed by atoms with Crippen molar-refractivity contribution in [3.8, 4) is 16.4 Å². The number of thiazole rings is 1. The molecule has 2 aliphatic rings. The van der Waals surface area contributed by atoms with Crippen LogP contribution in [0.3, 0.4) is 0 Å². The fourth-order valence-electron chi connectivity index (χ4n) is 5.09. The molecule has 1 aliphatic carbocycles. The third-order valence-electron chi connectivity index (χ3n) is 7.34. The van der Waals surface area contributed by atoms with Gasteiger partial charge >= 0.3 is 5.97 Å². The maximum atomic E-state index is 14.8. The Hall–Kier alpha value is -3.65. The van der Waals surface area contributed by atoms with Crippen molar-refractivity contribution in [3.05, 3.63) is 76.2 Å². The highest BCUT2D eigenvalue weighted by molar-refractivity contribution is 7.89. The van der Waals surface area contributed by atoms with E-state index in [1.165, 1.54) is 28.8 Å². The summed E-state index contributed by atoms with van der Waals surface area (Å²) >= 11 is 1.19. The van der Waals surface area contributed by atoms with Crippen LogP contribution in [0.2, 0.25) is 0 Å². The minimum absolute atomic E-state index is 0.0593. The first kappa shape index (κ1) is 27.5. The van der Waals surface area contributed by atoms with E-state index in [2.05, 4.69) is 16.0 Å². The minimum Gasteiger partial charge on any atom is -0.476 e. The van der Waals surface area contributed by atoms with Gasteiger partial charge in [0.25, 0.3) is 0 Å². The average molecular weight is 598 g/mol. The second-order valence-corrected chi connectivity index (χ2v) is 12.7. The van der Waals surface area contributed by atoms with Gasteiger partial charge in [0.2, 0.25) is 15.2 Å². The van der Waals surface area contributed by atoms with Gasteiger partial charge in [-0.3, -0.25) is 0 Å². The van der Waals surface area contributed by atoms with Crippen molar-refractivity contribution in [1.82, 2.24) is 14.8 Å². The van der Waals surface area contributed by atoms with Crippen LogP contribution in [0.4, 0.5) is 10.1 Å². The highest BCUT2D eigenvalue weighted by atomic mass is 32.2. The molecule has 4 aromatic rings. The predicted molar refractivity (Wildman–Crippen MR) is 152 cm³/mol. The van der Waals surface area contributed by atoms with E-state index in [1.54, 1.807) is 10.7 Å². The van der Waals surface area contributed by atoms with E-state index in [0.717, 1.165) is 48.4 Å². The summed E-state index contributed by atoms with van der Waals surface area (Å²) in [6.07, 6.45) is 3.12. The number of ether oxygens (including phenoxy) is 1. The highest BCUT2D eigenvalue weighted by Gasteiger charge is 2.30. The molecule has 2 aromatic heterocycles. The third-order valence-corrected chi connectivity index (χ3v) is 9.10. The lowest BCUT2D eigenvalue weighted by Crippen LogP contribution is -2.36. The minimum atomic E-state index is -4.20. The molecule has 0 spiro atoms. The smallest absolute Gasteiger partial charge is 0.355 e. The van der Waals surface area contributed by atoms with E-state index < -0.39 is 26.7 Å². The lowest BCUT2D eigenvalue weighted by Gasteiger charge is -2.29.